The molecule has 5 heteroatoms. The van der Waals surface area contributed by atoms with Crippen LogP contribution in [-0.4, -0.2) is 19.3 Å². The minimum atomic E-state index is -4.06. The maximum absolute atomic E-state index is 12.6. The number of hydrogen-bond acceptors (Lipinski definition) is 2. The van der Waals surface area contributed by atoms with Crippen molar-refractivity contribution in [3.8, 4) is 0 Å². The standard InChI is InChI=1S/C13H17F3N2/c1-9-2-3-12(11(17)8-9)18-6-4-10(5-7-18)13(14,15)16/h2-3,8,10H,4-7,17H2,1H3. The van der Waals surface area contributed by atoms with Gasteiger partial charge < -0.3 is 10.6 Å². The van der Waals surface area contributed by atoms with Crippen molar-refractivity contribution in [2.75, 3.05) is 23.7 Å². The van der Waals surface area contributed by atoms with Crippen molar-refractivity contribution >= 4 is 11.4 Å². The molecule has 0 unspecified atom stereocenters. The van der Waals surface area contributed by atoms with Crippen molar-refractivity contribution in [1.29, 1.82) is 0 Å². The van der Waals surface area contributed by atoms with Gasteiger partial charge in [0.25, 0.3) is 0 Å². The number of rotatable bonds is 1. The average molecular weight is 258 g/mol. The summed E-state index contributed by atoms with van der Waals surface area (Å²) in [5.74, 6) is -1.17. The second kappa shape index (κ2) is 4.71. The van der Waals surface area contributed by atoms with Gasteiger partial charge in [0.15, 0.2) is 0 Å². The van der Waals surface area contributed by atoms with E-state index >= 15 is 0 Å². The van der Waals surface area contributed by atoms with E-state index < -0.39 is 12.1 Å². The molecular formula is C13H17F3N2. The number of nitrogens with two attached hydrogens (primary N) is 1. The fourth-order valence-corrected chi connectivity index (χ4v) is 2.41. The van der Waals surface area contributed by atoms with Crippen LogP contribution in [0.4, 0.5) is 24.5 Å². The van der Waals surface area contributed by atoms with E-state index in [0.29, 0.717) is 18.8 Å². The molecule has 0 aliphatic carbocycles. The predicted octanol–water partition coefficient (Wildman–Crippen LogP) is 3.36. The Morgan fingerprint density at radius 1 is 1.22 bits per heavy atom. The molecule has 1 fully saturated rings. The summed E-state index contributed by atoms with van der Waals surface area (Å²) >= 11 is 0. The highest BCUT2D eigenvalue weighted by Gasteiger charge is 2.41. The second-order valence-electron chi connectivity index (χ2n) is 4.87. The van der Waals surface area contributed by atoms with E-state index in [1.807, 2.05) is 30.0 Å². The lowest BCUT2D eigenvalue weighted by atomic mass is 9.95. The van der Waals surface area contributed by atoms with Gasteiger partial charge in [-0.1, -0.05) is 6.07 Å². The third-order valence-corrected chi connectivity index (χ3v) is 3.48. The largest absolute Gasteiger partial charge is 0.397 e. The summed E-state index contributed by atoms with van der Waals surface area (Å²) in [7, 11) is 0. The number of benzene rings is 1. The van der Waals surface area contributed by atoms with E-state index in [4.69, 9.17) is 5.73 Å². The van der Waals surface area contributed by atoms with Gasteiger partial charge in [-0.15, -0.1) is 0 Å². The molecule has 0 bridgehead atoms. The monoisotopic (exact) mass is 258 g/mol. The minimum Gasteiger partial charge on any atom is -0.397 e. The van der Waals surface area contributed by atoms with Crippen molar-refractivity contribution in [3.05, 3.63) is 23.8 Å². The van der Waals surface area contributed by atoms with Crippen molar-refractivity contribution in [2.45, 2.75) is 25.9 Å². The van der Waals surface area contributed by atoms with Crippen LogP contribution in [0.5, 0.6) is 0 Å². The average Bonchev–Trinajstić information content (AvgIpc) is 2.28. The molecule has 18 heavy (non-hydrogen) atoms. The Labute approximate surface area is 105 Å². The van der Waals surface area contributed by atoms with Gasteiger partial charge in [-0.05, 0) is 37.5 Å². The third-order valence-electron chi connectivity index (χ3n) is 3.48. The second-order valence-corrected chi connectivity index (χ2v) is 4.87. The fraction of sp³-hybridized carbons (Fsp3) is 0.538. The smallest absolute Gasteiger partial charge is 0.391 e. The van der Waals surface area contributed by atoms with Gasteiger partial charge in [0.1, 0.15) is 0 Å². The minimum absolute atomic E-state index is 0.150. The SMILES string of the molecule is Cc1ccc(N2CCC(C(F)(F)F)CC2)c(N)c1. The first-order valence-electron chi connectivity index (χ1n) is 6.05. The predicted molar refractivity (Wildman–Crippen MR) is 66.6 cm³/mol. The van der Waals surface area contributed by atoms with Crippen molar-refractivity contribution < 1.29 is 13.2 Å². The Kier molecular flexibility index (Phi) is 3.41. The van der Waals surface area contributed by atoms with Crippen LogP contribution in [0.2, 0.25) is 0 Å². The Morgan fingerprint density at radius 2 is 1.83 bits per heavy atom. The molecule has 0 radical (unpaired) electrons. The Balaban J connectivity index is 2.06. The van der Waals surface area contributed by atoms with Gasteiger partial charge in [-0.3, -0.25) is 0 Å². The number of aryl methyl sites for hydroxylation is 1. The van der Waals surface area contributed by atoms with Crippen molar-refractivity contribution in [3.63, 3.8) is 0 Å². The molecule has 0 atom stereocenters. The lowest BCUT2D eigenvalue weighted by Crippen LogP contribution is -2.39. The van der Waals surface area contributed by atoms with Gasteiger partial charge in [0.2, 0.25) is 0 Å². The molecule has 1 saturated heterocycles. The lowest BCUT2D eigenvalue weighted by molar-refractivity contribution is -0.179. The molecule has 0 aromatic heterocycles. The summed E-state index contributed by atoms with van der Waals surface area (Å²) in [4.78, 5) is 1.94. The Morgan fingerprint density at radius 3 is 2.33 bits per heavy atom. The lowest BCUT2D eigenvalue weighted by Gasteiger charge is -2.35. The van der Waals surface area contributed by atoms with Crippen LogP contribution in [0.3, 0.4) is 0 Å². The highest BCUT2D eigenvalue weighted by atomic mass is 19.4. The number of alkyl halides is 3. The first-order valence-corrected chi connectivity index (χ1v) is 6.05. The molecular weight excluding hydrogens is 241 g/mol. The van der Waals surface area contributed by atoms with Gasteiger partial charge in [0.05, 0.1) is 17.3 Å². The maximum atomic E-state index is 12.6. The zero-order chi connectivity index (χ0) is 13.3. The number of hydrogen-bond donors (Lipinski definition) is 1. The quantitative estimate of drug-likeness (QED) is 0.783. The molecule has 1 aliphatic rings. The molecule has 2 nitrogen and oxygen atoms in total. The maximum Gasteiger partial charge on any atom is 0.391 e. The van der Waals surface area contributed by atoms with E-state index in [1.54, 1.807) is 0 Å². The van der Waals surface area contributed by atoms with E-state index in [0.717, 1.165) is 11.3 Å². The topological polar surface area (TPSA) is 29.3 Å². The molecule has 2 rings (SSSR count). The van der Waals surface area contributed by atoms with E-state index in [9.17, 15) is 13.2 Å². The zero-order valence-electron chi connectivity index (χ0n) is 10.3. The molecule has 0 spiro atoms. The van der Waals surface area contributed by atoms with Gasteiger partial charge >= 0.3 is 6.18 Å². The summed E-state index contributed by atoms with van der Waals surface area (Å²) in [6, 6.07) is 5.67. The molecule has 1 aromatic rings. The number of halogens is 3. The van der Waals surface area contributed by atoms with Crippen LogP contribution in [0.1, 0.15) is 18.4 Å². The highest BCUT2D eigenvalue weighted by molar-refractivity contribution is 5.68. The number of nitrogens with zero attached hydrogens (tertiary/aromatic N) is 1. The van der Waals surface area contributed by atoms with Crippen LogP contribution < -0.4 is 10.6 Å². The van der Waals surface area contributed by atoms with E-state index in [2.05, 4.69) is 0 Å². The Hall–Kier alpha value is -1.39. The van der Waals surface area contributed by atoms with Crippen LogP contribution in [0, 0.1) is 12.8 Å². The first-order chi connectivity index (χ1) is 8.38. The fourth-order valence-electron chi connectivity index (χ4n) is 2.41. The van der Waals surface area contributed by atoms with Crippen LogP contribution in [0.15, 0.2) is 18.2 Å². The van der Waals surface area contributed by atoms with Crippen molar-refractivity contribution in [1.82, 2.24) is 0 Å². The number of piperidine rings is 1. The van der Waals surface area contributed by atoms with Crippen molar-refractivity contribution in [2.24, 2.45) is 5.92 Å². The first kappa shape index (κ1) is 13.1. The molecule has 2 N–H and O–H groups in total. The summed E-state index contributed by atoms with van der Waals surface area (Å²) in [6.07, 6.45) is -3.77. The van der Waals surface area contributed by atoms with E-state index in [-0.39, 0.29) is 12.8 Å². The molecule has 1 aliphatic heterocycles. The molecule has 0 amide bonds. The number of nitrogen functional groups attached to an aromatic ring is 1. The summed E-state index contributed by atoms with van der Waals surface area (Å²) < 4.78 is 37.7. The van der Waals surface area contributed by atoms with E-state index in [1.165, 1.54) is 0 Å². The van der Waals surface area contributed by atoms with Gasteiger partial charge in [-0.25, -0.2) is 0 Å². The van der Waals surface area contributed by atoms with Crippen LogP contribution in [0.25, 0.3) is 0 Å². The third kappa shape index (κ3) is 2.71. The zero-order valence-corrected chi connectivity index (χ0v) is 10.3. The normalized spacial score (nSPS) is 18.1. The van der Waals surface area contributed by atoms with Crippen LogP contribution in [-0.2, 0) is 0 Å². The molecule has 1 heterocycles. The molecule has 1 aromatic carbocycles. The molecule has 0 saturated carbocycles. The van der Waals surface area contributed by atoms with Gasteiger partial charge in [0, 0.05) is 13.1 Å². The summed E-state index contributed by atoms with van der Waals surface area (Å²) in [6.45, 7) is 2.77. The summed E-state index contributed by atoms with van der Waals surface area (Å²) in [5, 5.41) is 0. The van der Waals surface area contributed by atoms with Crippen LogP contribution >= 0.6 is 0 Å². The molecule has 100 valence electrons. The number of anilines is 2. The summed E-state index contributed by atoms with van der Waals surface area (Å²) in [5.41, 5.74) is 8.45. The highest BCUT2D eigenvalue weighted by Crippen LogP contribution is 2.36. The van der Waals surface area contributed by atoms with Gasteiger partial charge in [-0.2, -0.15) is 13.2 Å². The Bertz CT molecular complexity index is 421.